The Balaban J connectivity index is 3.15. The molecule has 0 atom stereocenters. The zero-order valence-corrected chi connectivity index (χ0v) is 10.7. The second-order valence-electron chi connectivity index (χ2n) is 3.89. The lowest BCUT2D eigenvalue weighted by Gasteiger charge is -2.18. The highest BCUT2D eigenvalue weighted by Crippen LogP contribution is 2.05. The van der Waals surface area contributed by atoms with Crippen LogP contribution in [-0.2, 0) is 0 Å². The van der Waals surface area contributed by atoms with Crippen molar-refractivity contribution in [3.63, 3.8) is 0 Å². The van der Waals surface area contributed by atoms with Gasteiger partial charge in [0.2, 0.25) is 0 Å². The Labute approximate surface area is 94.8 Å². The van der Waals surface area contributed by atoms with Crippen molar-refractivity contribution in [3.8, 4) is 0 Å². The first-order valence-corrected chi connectivity index (χ1v) is 6.66. The molecule has 0 aliphatic carbocycles. The van der Waals surface area contributed by atoms with E-state index in [1.165, 1.54) is 45.1 Å². The van der Waals surface area contributed by atoms with E-state index < -0.39 is 0 Å². The van der Waals surface area contributed by atoms with Crippen LogP contribution in [0.1, 0.15) is 52.4 Å². The standard InChI is InChI=1S/C12H26ClN/c1-3-5-6-7-8-9-11-14(4-2)12-10-13/h3-12H2,1-2H3. The molecule has 0 heterocycles. The number of halogens is 1. The molecule has 0 saturated carbocycles. The first-order chi connectivity index (χ1) is 6.85. The van der Waals surface area contributed by atoms with Gasteiger partial charge in [-0.05, 0) is 19.5 Å². The molecule has 0 N–H and O–H groups in total. The second-order valence-corrected chi connectivity index (χ2v) is 4.27. The summed E-state index contributed by atoms with van der Waals surface area (Å²) in [6.45, 7) is 7.90. The van der Waals surface area contributed by atoms with E-state index in [1.807, 2.05) is 0 Å². The van der Waals surface area contributed by atoms with Gasteiger partial charge in [0, 0.05) is 12.4 Å². The number of rotatable bonds is 10. The lowest BCUT2D eigenvalue weighted by molar-refractivity contribution is 0.297. The van der Waals surface area contributed by atoms with Crippen LogP contribution in [0.2, 0.25) is 0 Å². The van der Waals surface area contributed by atoms with Crippen LogP contribution < -0.4 is 0 Å². The average Bonchev–Trinajstić information content (AvgIpc) is 2.21. The van der Waals surface area contributed by atoms with E-state index in [2.05, 4.69) is 18.7 Å². The maximum Gasteiger partial charge on any atom is 0.0351 e. The van der Waals surface area contributed by atoms with E-state index in [-0.39, 0.29) is 0 Å². The van der Waals surface area contributed by atoms with Crippen molar-refractivity contribution in [2.75, 3.05) is 25.5 Å². The van der Waals surface area contributed by atoms with Gasteiger partial charge in [0.1, 0.15) is 0 Å². The second kappa shape index (κ2) is 11.3. The summed E-state index contributed by atoms with van der Waals surface area (Å²) in [5.74, 6) is 0.768. The Morgan fingerprint density at radius 2 is 1.50 bits per heavy atom. The molecular formula is C12H26ClN. The minimum atomic E-state index is 0.768. The lowest BCUT2D eigenvalue weighted by atomic mass is 10.1. The number of alkyl halides is 1. The predicted octanol–water partition coefficient (Wildman–Crippen LogP) is 3.91. The highest BCUT2D eigenvalue weighted by molar-refractivity contribution is 6.18. The molecule has 0 aromatic carbocycles. The van der Waals surface area contributed by atoms with Gasteiger partial charge in [-0.2, -0.15) is 0 Å². The predicted molar refractivity (Wildman–Crippen MR) is 66.2 cm³/mol. The van der Waals surface area contributed by atoms with Crippen LogP contribution in [0.15, 0.2) is 0 Å². The fourth-order valence-corrected chi connectivity index (χ4v) is 1.90. The monoisotopic (exact) mass is 219 g/mol. The summed E-state index contributed by atoms with van der Waals surface area (Å²) < 4.78 is 0. The number of nitrogens with zero attached hydrogens (tertiary/aromatic N) is 1. The maximum atomic E-state index is 5.71. The minimum Gasteiger partial charge on any atom is -0.302 e. The SMILES string of the molecule is CCCCCCCCN(CC)CCCl. The van der Waals surface area contributed by atoms with Crippen molar-refractivity contribution in [3.05, 3.63) is 0 Å². The Bertz CT molecular complexity index is 106. The van der Waals surface area contributed by atoms with Gasteiger partial charge < -0.3 is 4.90 Å². The van der Waals surface area contributed by atoms with Crippen molar-refractivity contribution >= 4 is 11.6 Å². The summed E-state index contributed by atoms with van der Waals surface area (Å²) >= 11 is 5.71. The van der Waals surface area contributed by atoms with E-state index in [0.717, 1.165) is 19.0 Å². The Kier molecular flexibility index (Phi) is 11.5. The molecule has 0 fully saturated rings. The third-order valence-corrected chi connectivity index (χ3v) is 2.84. The molecule has 0 saturated heterocycles. The molecule has 0 spiro atoms. The molecule has 0 aromatic heterocycles. The molecule has 0 bridgehead atoms. The summed E-state index contributed by atoms with van der Waals surface area (Å²) in [5.41, 5.74) is 0. The van der Waals surface area contributed by atoms with Gasteiger partial charge in [-0.15, -0.1) is 11.6 Å². The van der Waals surface area contributed by atoms with Crippen LogP contribution in [0.5, 0.6) is 0 Å². The Morgan fingerprint density at radius 3 is 2.07 bits per heavy atom. The highest BCUT2D eigenvalue weighted by atomic mass is 35.5. The van der Waals surface area contributed by atoms with Gasteiger partial charge in [0.15, 0.2) is 0 Å². The van der Waals surface area contributed by atoms with E-state index >= 15 is 0 Å². The van der Waals surface area contributed by atoms with Crippen LogP contribution in [0.3, 0.4) is 0 Å². The normalized spacial score (nSPS) is 11.1. The fraction of sp³-hybridized carbons (Fsp3) is 1.00. The number of hydrogen-bond donors (Lipinski definition) is 0. The molecule has 0 aliphatic heterocycles. The molecule has 0 rings (SSSR count). The van der Waals surface area contributed by atoms with Gasteiger partial charge in [-0.3, -0.25) is 0 Å². The van der Waals surface area contributed by atoms with E-state index in [1.54, 1.807) is 0 Å². The summed E-state index contributed by atoms with van der Waals surface area (Å²) in [6.07, 6.45) is 8.30. The average molecular weight is 220 g/mol. The summed E-state index contributed by atoms with van der Waals surface area (Å²) in [4.78, 5) is 2.44. The molecule has 0 unspecified atom stereocenters. The van der Waals surface area contributed by atoms with Crippen LogP contribution in [-0.4, -0.2) is 30.4 Å². The topological polar surface area (TPSA) is 3.24 Å². The van der Waals surface area contributed by atoms with Crippen molar-refractivity contribution in [2.45, 2.75) is 52.4 Å². The van der Waals surface area contributed by atoms with Crippen molar-refractivity contribution in [2.24, 2.45) is 0 Å². The molecule has 0 aromatic rings. The van der Waals surface area contributed by atoms with Gasteiger partial charge in [0.25, 0.3) is 0 Å². The maximum absolute atomic E-state index is 5.71. The molecule has 14 heavy (non-hydrogen) atoms. The van der Waals surface area contributed by atoms with Crippen LogP contribution >= 0.6 is 11.6 Å². The highest BCUT2D eigenvalue weighted by Gasteiger charge is 1.99. The smallest absolute Gasteiger partial charge is 0.0351 e. The minimum absolute atomic E-state index is 0.768. The number of unbranched alkanes of at least 4 members (excludes halogenated alkanes) is 5. The van der Waals surface area contributed by atoms with Crippen molar-refractivity contribution in [1.29, 1.82) is 0 Å². The molecule has 0 amide bonds. The van der Waals surface area contributed by atoms with Gasteiger partial charge in [-0.25, -0.2) is 0 Å². The quantitative estimate of drug-likeness (QED) is 0.398. The van der Waals surface area contributed by atoms with Crippen LogP contribution in [0.25, 0.3) is 0 Å². The molecule has 2 heteroatoms. The Morgan fingerprint density at radius 1 is 0.857 bits per heavy atom. The van der Waals surface area contributed by atoms with E-state index in [4.69, 9.17) is 11.6 Å². The number of hydrogen-bond acceptors (Lipinski definition) is 1. The Hall–Kier alpha value is 0.250. The molecule has 86 valence electrons. The van der Waals surface area contributed by atoms with Crippen LogP contribution in [0.4, 0.5) is 0 Å². The molecule has 1 nitrogen and oxygen atoms in total. The van der Waals surface area contributed by atoms with Crippen molar-refractivity contribution in [1.82, 2.24) is 4.90 Å². The molecule has 0 aliphatic rings. The van der Waals surface area contributed by atoms with Crippen LogP contribution in [0, 0.1) is 0 Å². The first-order valence-electron chi connectivity index (χ1n) is 6.13. The zero-order chi connectivity index (χ0) is 10.6. The van der Waals surface area contributed by atoms with Gasteiger partial charge >= 0.3 is 0 Å². The zero-order valence-electron chi connectivity index (χ0n) is 9.90. The summed E-state index contributed by atoms with van der Waals surface area (Å²) in [7, 11) is 0. The third-order valence-electron chi connectivity index (χ3n) is 2.68. The summed E-state index contributed by atoms with van der Waals surface area (Å²) in [6, 6.07) is 0. The third kappa shape index (κ3) is 8.83. The van der Waals surface area contributed by atoms with Gasteiger partial charge in [0.05, 0.1) is 0 Å². The molecule has 0 radical (unpaired) electrons. The first kappa shape index (κ1) is 14.2. The fourth-order valence-electron chi connectivity index (χ4n) is 1.66. The van der Waals surface area contributed by atoms with Crippen molar-refractivity contribution < 1.29 is 0 Å². The molecular weight excluding hydrogens is 194 g/mol. The van der Waals surface area contributed by atoms with E-state index in [9.17, 15) is 0 Å². The van der Waals surface area contributed by atoms with E-state index in [0.29, 0.717) is 0 Å². The lowest BCUT2D eigenvalue weighted by Crippen LogP contribution is -2.26. The summed E-state index contributed by atoms with van der Waals surface area (Å²) in [5, 5.41) is 0. The van der Waals surface area contributed by atoms with Gasteiger partial charge in [-0.1, -0.05) is 46.0 Å². The largest absolute Gasteiger partial charge is 0.302 e.